The number of benzene rings is 2. The fourth-order valence-electron chi connectivity index (χ4n) is 2.83. The molecule has 1 aromatic heterocycles. The molecule has 1 saturated heterocycles. The zero-order valence-electron chi connectivity index (χ0n) is 15.2. The Balaban J connectivity index is 1.63. The van der Waals surface area contributed by atoms with Crippen LogP contribution >= 0.6 is 58.8 Å². The zero-order chi connectivity index (χ0) is 22.3. The molecule has 2 heterocycles. The van der Waals surface area contributed by atoms with Crippen molar-refractivity contribution in [1.82, 2.24) is 0 Å². The number of carbonyl (C=O) groups is 1. The smallest absolute Gasteiger partial charge is 0.270 e. The highest BCUT2D eigenvalue weighted by molar-refractivity contribution is 8.27. The lowest BCUT2D eigenvalue weighted by Crippen LogP contribution is -2.27. The molecule has 156 valence electrons. The lowest BCUT2D eigenvalue weighted by atomic mass is 10.1. The number of non-ortho nitro benzene ring substituents is 1. The van der Waals surface area contributed by atoms with Crippen molar-refractivity contribution < 1.29 is 14.1 Å². The first-order valence-corrected chi connectivity index (χ1v) is 10.9. The SMILES string of the molecule is O=C1/C(=C/c2ccc(-c3cc([N+](=O)[O-])ccc3Cl)o2)SC(=S)N1c1ccc(Cl)c(Cl)c1. The van der Waals surface area contributed by atoms with Crippen LogP contribution < -0.4 is 4.90 Å². The van der Waals surface area contributed by atoms with Gasteiger partial charge in [-0.15, -0.1) is 0 Å². The van der Waals surface area contributed by atoms with Gasteiger partial charge in [0.05, 0.1) is 30.6 Å². The number of furan rings is 1. The highest BCUT2D eigenvalue weighted by atomic mass is 35.5. The maximum absolute atomic E-state index is 12.9. The van der Waals surface area contributed by atoms with E-state index < -0.39 is 4.92 Å². The van der Waals surface area contributed by atoms with E-state index in [2.05, 4.69) is 0 Å². The van der Waals surface area contributed by atoms with Crippen LogP contribution in [0.1, 0.15) is 5.76 Å². The van der Waals surface area contributed by atoms with Crippen LogP contribution in [0.25, 0.3) is 17.4 Å². The number of nitro benzene ring substituents is 1. The number of hydrogen-bond donors (Lipinski definition) is 0. The molecule has 0 spiro atoms. The molecule has 1 amide bonds. The van der Waals surface area contributed by atoms with E-state index in [1.165, 1.54) is 23.1 Å². The van der Waals surface area contributed by atoms with Crippen LogP contribution in [0.3, 0.4) is 0 Å². The first kappa shape index (κ1) is 21.9. The molecule has 0 aliphatic carbocycles. The third-order valence-electron chi connectivity index (χ3n) is 4.28. The lowest BCUT2D eigenvalue weighted by molar-refractivity contribution is -0.384. The van der Waals surface area contributed by atoms with E-state index in [0.717, 1.165) is 11.8 Å². The minimum atomic E-state index is -0.516. The number of thiocarbonyl (C=S) groups is 1. The summed E-state index contributed by atoms with van der Waals surface area (Å²) in [6.45, 7) is 0. The average Bonchev–Trinajstić information content (AvgIpc) is 3.29. The van der Waals surface area contributed by atoms with Crippen LogP contribution in [-0.2, 0) is 4.79 Å². The molecule has 0 saturated carbocycles. The minimum Gasteiger partial charge on any atom is -0.457 e. The van der Waals surface area contributed by atoms with Crippen molar-refractivity contribution in [2.75, 3.05) is 4.90 Å². The predicted octanol–water partition coefficient (Wildman–Crippen LogP) is 7.22. The summed E-state index contributed by atoms with van der Waals surface area (Å²) < 4.78 is 6.09. The van der Waals surface area contributed by atoms with E-state index >= 15 is 0 Å². The Bertz CT molecular complexity index is 1290. The Morgan fingerprint density at radius 1 is 1.03 bits per heavy atom. The molecule has 31 heavy (non-hydrogen) atoms. The molecule has 11 heteroatoms. The van der Waals surface area contributed by atoms with E-state index in [9.17, 15) is 14.9 Å². The molecule has 4 rings (SSSR count). The molecule has 0 N–H and O–H groups in total. The second-order valence-electron chi connectivity index (χ2n) is 6.24. The number of hydrogen-bond acceptors (Lipinski definition) is 6. The van der Waals surface area contributed by atoms with Gasteiger partial charge in [-0.2, -0.15) is 0 Å². The molecule has 6 nitrogen and oxygen atoms in total. The second-order valence-corrected chi connectivity index (χ2v) is 9.14. The van der Waals surface area contributed by atoms with E-state index in [-0.39, 0.29) is 11.6 Å². The van der Waals surface area contributed by atoms with Gasteiger partial charge in [-0.3, -0.25) is 19.8 Å². The lowest BCUT2D eigenvalue weighted by Gasteiger charge is -2.15. The fourth-order valence-corrected chi connectivity index (χ4v) is 4.62. The number of halogens is 3. The minimum absolute atomic E-state index is 0.111. The van der Waals surface area contributed by atoms with E-state index in [1.54, 1.807) is 36.4 Å². The Morgan fingerprint density at radius 2 is 1.77 bits per heavy atom. The third kappa shape index (κ3) is 4.35. The molecular formula is C20H9Cl3N2O4S2. The van der Waals surface area contributed by atoms with E-state index in [4.69, 9.17) is 51.4 Å². The van der Waals surface area contributed by atoms with Crippen LogP contribution in [-0.4, -0.2) is 15.2 Å². The molecule has 0 unspecified atom stereocenters. The number of nitrogens with zero attached hydrogens (tertiary/aromatic N) is 2. The maximum Gasteiger partial charge on any atom is 0.270 e. The monoisotopic (exact) mass is 510 g/mol. The fraction of sp³-hybridized carbons (Fsp3) is 0. The molecule has 0 radical (unpaired) electrons. The summed E-state index contributed by atoms with van der Waals surface area (Å²) in [5.41, 5.74) is 0.766. The summed E-state index contributed by atoms with van der Waals surface area (Å²) >= 11 is 24.6. The highest BCUT2D eigenvalue weighted by Crippen LogP contribution is 2.39. The summed E-state index contributed by atoms with van der Waals surface area (Å²) in [6.07, 6.45) is 1.55. The number of rotatable bonds is 4. The van der Waals surface area contributed by atoms with Gasteiger partial charge in [0.25, 0.3) is 11.6 Å². The molecule has 1 aliphatic heterocycles. The maximum atomic E-state index is 12.9. The van der Waals surface area contributed by atoms with Crippen molar-refractivity contribution in [1.29, 1.82) is 0 Å². The molecular weight excluding hydrogens is 503 g/mol. The first-order chi connectivity index (χ1) is 14.7. The second kappa shape index (κ2) is 8.64. The average molecular weight is 512 g/mol. The van der Waals surface area contributed by atoms with Gasteiger partial charge in [0, 0.05) is 23.8 Å². The molecule has 2 aromatic carbocycles. The van der Waals surface area contributed by atoms with Crippen LogP contribution in [0.4, 0.5) is 11.4 Å². The van der Waals surface area contributed by atoms with Gasteiger partial charge in [-0.25, -0.2) is 0 Å². The molecule has 3 aromatic rings. The van der Waals surface area contributed by atoms with Gasteiger partial charge in [0.15, 0.2) is 4.32 Å². The van der Waals surface area contributed by atoms with E-state index in [0.29, 0.717) is 47.1 Å². The summed E-state index contributed by atoms with van der Waals surface area (Å²) in [7, 11) is 0. The molecule has 1 fully saturated rings. The topological polar surface area (TPSA) is 76.6 Å². The van der Waals surface area contributed by atoms with Gasteiger partial charge >= 0.3 is 0 Å². The molecule has 0 atom stereocenters. The Hall–Kier alpha value is -2.36. The largest absolute Gasteiger partial charge is 0.457 e. The molecule has 0 bridgehead atoms. The van der Waals surface area contributed by atoms with Crippen molar-refractivity contribution in [2.24, 2.45) is 0 Å². The van der Waals surface area contributed by atoms with Gasteiger partial charge in [-0.1, -0.05) is 58.8 Å². The quantitative estimate of drug-likeness (QED) is 0.159. The Labute approximate surface area is 200 Å². The number of anilines is 1. The Kier molecular flexibility index (Phi) is 6.09. The van der Waals surface area contributed by atoms with Gasteiger partial charge < -0.3 is 4.42 Å². The van der Waals surface area contributed by atoms with Crippen molar-refractivity contribution >= 4 is 86.5 Å². The van der Waals surface area contributed by atoms with Crippen molar-refractivity contribution in [3.05, 3.63) is 84.4 Å². The number of nitro groups is 1. The predicted molar refractivity (Wildman–Crippen MR) is 128 cm³/mol. The summed E-state index contributed by atoms with van der Waals surface area (Å²) in [5.74, 6) is 0.367. The standard InChI is InChI=1S/C20H9Cl3N2O4S2/c21-14-4-2-11(25(27)28)7-13(14)17-6-3-12(29-17)9-18-19(26)24(20(30)31-18)10-1-5-15(22)16(23)8-10/h1-9H/b18-9-. The van der Waals surface area contributed by atoms with Crippen LogP contribution in [0.15, 0.2) is 57.9 Å². The first-order valence-electron chi connectivity index (χ1n) is 8.52. The summed E-state index contributed by atoms with van der Waals surface area (Å²) in [6, 6.07) is 12.1. The van der Waals surface area contributed by atoms with Crippen LogP contribution in [0.2, 0.25) is 15.1 Å². The summed E-state index contributed by atoms with van der Waals surface area (Å²) in [4.78, 5) is 25.1. The van der Waals surface area contributed by atoms with Gasteiger partial charge in [0.1, 0.15) is 11.5 Å². The summed E-state index contributed by atoms with van der Waals surface area (Å²) in [5, 5.41) is 12.0. The van der Waals surface area contributed by atoms with Crippen LogP contribution in [0, 0.1) is 10.1 Å². The Morgan fingerprint density at radius 3 is 2.48 bits per heavy atom. The number of amides is 1. The third-order valence-corrected chi connectivity index (χ3v) is 6.65. The van der Waals surface area contributed by atoms with Gasteiger partial charge in [0.2, 0.25) is 0 Å². The number of carbonyl (C=O) groups excluding carboxylic acids is 1. The van der Waals surface area contributed by atoms with E-state index in [1.807, 2.05) is 0 Å². The van der Waals surface area contributed by atoms with Gasteiger partial charge in [-0.05, 0) is 36.4 Å². The van der Waals surface area contributed by atoms with Crippen LogP contribution in [0.5, 0.6) is 0 Å². The number of thioether (sulfide) groups is 1. The van der Waals surface area contributed by atoms with Crippen molar-refractivity contribution in [3.63, 3.8) is 0 Å². The van der Waals surface area contributed by atoms with Crippen molar-refractivity contribution in [2.45, 2.75) is 0 Å². The normalized spacial score (nSPS) is 15.2. The van der Waals surface area contributed by atoms with Crippen molar-refractivity contribution in [3.8, 4) is 11.3 Å². The molecule has 1 aliphatic rings. The zero-order valence-corrected chi connectivity index (χ0v) is 19.1. The highest BCUT2D eigenvalue weighted by Gasteiger charge is 2.34.